The van der Waals surface area contributed by atoms with Crippen molar-refractivity contribution in [1.82, 2.24) is 4.98 Å². The second kappa shape index (κ2) is 7.03. The van der Waals surface area contributed by atoms with E-state index in [9.17, 15) is 9.59 Å². The molecule has 0 bridgehead atoms. The molecule has 0 unspecified atom stereocenters. The maximum atomic E-state index is 12.5. The Morgan fingerprint density at radius 3 is 2.85 bits per heavy atom. The highest BCUT2D eigenvalue weighted by atomic mass is 16.7. The molecule has 4 rings (SSSR count). The monoisotopic (exact) mass is 366 g/mol. The number of pyridine rings is 1. The number of nitrogens with one attached hydrogen (secondary N) is 2. The number of aromatic nitrogens is 1. The quantitative estimate of drug-likeness (QED) is 0.675. The van der Waals surface area contributed by atoms with Crippen LogP contribution in [0.3, 0.4) is 0 Å². The molecule has 0 aliphatic carbocycles. The molecule has 1 aliphatic heterocycles. The number of hydrogen-bond acceptors (Lipinski definition) is 6. The van der Waals surface area contributed by atoms with Crippen LogP contribution >= 0.6 is 0 Å². The Morgan fingerprint density at radius 2 is 2.00 bits per heavy atom. The molecule has 2 heterocycles. The smallest absolute Gasteiger partial charge is 0.345 e. The molecule has 0 fully saturated rings. The molecule has 0 atom stereocenters. The maximum absolute atomic E-state index is 12.5. The number of anilines is 1. The van der Waals surface area contributed by atoms with Gasteiger partial charge in [-0.2, -0.15) is 0 Å². The first kappa shape index (κ1) is 17.0. The molecule has 0 saturated heterocycles. The Morgan fingerprint density at radius 1 is 1.19 bits per heavy atom. The fourth-order valence-corrected chi connectivity index (χ4v) is 3.07. The number of rotatable bonds is 5. The van der Waals surface area contributed by atoms with Gasteiger partial charge in [0.15, 0.2) is 11.5 Å². The molecule has 0 radical (unpaired) electrons. The number of benzene rings is 2. The Kier molecular flexibility index (Phi) is 4.42. The van der Waals surface area contributed by atoms with Crippen LogP contribution in [0.5, 0.6) is 11.5 Å². The van der Waals surface area contributed by atoms with Gasteiger partial charge >= 0.3 is 5.97 Å². The first-order chi connectivity index (χ1) is 13.2. The number of fused-ring (bicyclic) bond motifs is 2. The third kappa shape index (κ3) is 3.19. The molecule has 1 aromatic heterocycles. The summed E-state index contributed by atoms with van der Waals surface area (Å²) in [6.07, 6.45) is 0. The number of aromatic amines is 1. The van der Waals surface area contributed by atoms with Crippen LogP contribution in [0.1, 0.15) is 22.8 Å². The summed E-state index contributed by atoms with van der Waals surface area (Å²) in [5.41, 5.74) is 1.50. The summed E-state index contributed by atoms with van der Waals surface area (Å²) >= 11 is 0. The topological polar surface area (TPSA) is 89.7 Å². The van der Waals surface area contributed by atoms with Crippen LogP contribution in [-0.2, 0) is 11.3 Å². The minimum Gasteiger partial charge on any atom is -0.462 e. The van der Waals surface area contributed by atoms with Crippen LogP contribution < -0.4 is 20.3 Å². The molecule has 0 spiro atoms. The summed E-state index contributed by atoms with van der Waals surface area (Å²) in [5.74, 6) is 0.723. The largest absolute Gasteiger partial charge is 0.462 e. The van der Waals surface area contributed by atoms with Gasteiger partial charge in [0.05, 0.1) is 17.8 Å². The van der Waals surface area contributed by atoms with Crippen molar-refractivity contribution in [1.29, 1.82) is 0 Å². The summed E-state index contributed by atoms with van der Waals surface area (Å²) in [6.45, 7) is 2.49. The summed E-state index contributed by atoms with van der Waals surface area (Å²) in [6, 6.07) is 12.9. The average Bonchev–Trinajstić information content (AvgIpc) is 3.13. The van der Waals surface area contributed by atoms with Gasteiger partial charge in [-0.25, -0.2) is 4.79 Å². The standard InChI is InChI=1S/C20H18N2O5/c1-2-25-20(24)17-18(13-5-3-4-6-14(13)22-19(17)23)21-10-12-7-8-15-16(9-12)27-11-26-15/h3-9H,2,10-11H2,1H3,(H2,21,22,23). The van der Waals surface area contributed by atoms with Crippen molar-refractivity contribution in [2.24, 2.45) is 0 Å². The molecule has 138 valence electrons. The highest BCUT2D eigenvalue weighted by molar-refractivity contribution is 6.04. The van der Waals surface area contributed by atoms with Crippen molar-refractivity contribution < 1.29 is 19.0 Å². The van der Waals surface area contributed by atoms with Gasteiger partial charge in [0.2, 0.25) is 6.79 Å². The number of carbonyl (C=O) groups is 1. The molecule has 7 heteroatoms. The second-order valence-electron chi connectivity index (χ2n) is 6.01. The van der Waals surface area contributed by atoms with Gasteiger partial charge in [-0.1, -0.05) is 24.3 Å². The molecule has 2 N–H and O–H groups in total. The van der Waals surface area contributed by atoms with Gasteiger partial charge in [0.1, 0.15) is 5.56 Å². The molecular formula is C20H18N2O5. The van der Waals surface area contributed by atoms with E-state index in [1.807, 2.05) is 36.4 Å². The molecule has 1 aliphatic rings. The zero-order chi connectivity index (χ0) is 18.8. The van der Waals surface area contributed by atoms with Crippen molar-refractivity contribution >= 4 is 22.6 Å². The number of para-hydroxylation sites is 1. The SMILES string of the molecule is CCOC(=O)c1c(NCc2ccc3c(c2)OCO3)c2ccccc2[nH]c1=O. The number of ether oxygens (including phenoxy) is 3. The summed E-state index contributed by atoms with van der Waals surface area (Å²) < 4.78 is 15.8. The van der Waals surface area contributed by atoms with E-state index in [2.05, 4.69) is 10.3 Å². The predicted octanol–water partition coefficient (Wildman–Crippen LogP) is 3.05. The molecular weight excluding hydrogens is 348 g/mol. The van der Waals surface area contributed by atoms with Gasteiger partial charge in [-0.3, -0.25) is 4.79 Å². The van der Waals surface area contributed by atoms with Crippen LogP contribution in [0, 0.1) is 0 Å². The van der Waals surface area contributed by atoms with Gasteiger partial charge in [-0.15, -0.1) is 0 Å². The predicted molar refractivity (Wildman–Crippen MR) is 100 cm³/mol. The van der Waals surface area contributed by atoms with E-state index in [4.69, 9.17) is 14.2 Å². The van der Waals surface area contributed by atoms with E-state index in [0.29, 0.717) is 29.2 Å². The summed E-state index contributed by atoms with van der Waals surface area (Å²) in [4.78, 5) is 27.6. The van der Waals surface area contributed by atoms with Gasteiger partial charge in [0, 0.05) is 11.9 Å². The third-order valence-electron chi connectivity index (χ3n) is 4.31. The van der Waals surface area contributed by atoms with E-state index >= 15 is 0 Å². The van der Waals surface area contributed by atoms with Crippen LogP contribution in [-0.4, -0.2) is 24.4 Å². The lowest BCUT2D eigenvalue weighted by atomic mass is 10.1. The second-order valence-corrected chi connectivity index (χ2v) is 6.01. The number of hydrogen-bond donors (Lipinski definition) is 2. The Bertz CT molecular complexity index is 1070. The lowest BCUT2D eigenvalue weighted by molar-refractivity contribution is 0.0525. The zero-order valence-electron chi connectivity index (χ0n) is 14.7. The normalized spacial score (nSPS) is 12.2. The third-order valence-corrected chi connectivity index (χ3v) is 4.31. The van der Waals surface area contributed by atoms with Crippen LogP contribution in [0.25, 0.3) is 10.9 Å². The van der Waals surface area contributed by atoms with E-state index in [1.165, 1.54) is 0 Å². The summed E-state index contributed by atoms with van der Waals surface area (Å²) in [5, 5.41) is 3.96. The fraction of sp³-hybridized carbons (Fsp3) is 0.200. The Hall–Kier alpha value is -3.48. The van der Waals surface area contributed by atoms with Crippen molar-refractivity contribution in [2.45, 2.75) is 13.5 Å². The fourth-order valence-electron chi connectivity index (χ4n) is 3.07. The average molecular weight is 366 g/mol. The molecule has 3 aromatic rings. The highest BCUT2D eigenvalue weighted by Gasteiger charge is 2.21. The number of esters is 1. The lowest BCUT2D eigenvalue weighted by Crippen LogP contribution is -2.23. The Balaban J connectivity index is 1.73. The molecule has 0 saturated carbocycles. The van der Waals surface area contributed by atoms with Crippen molar-refractivity contribution in [3.8, 4) is 11.5 Å². The van der Waals surface area contributed by atoms with Crippen molar-refractivity contribution in [2.75, 3.05) is 18.7 Å². The first-order valence-electron chi connectivity index (χ1n) is 8.62. The van der Waals surface area contributed by atoms with Crippen LogP contribution in [0.15, 0.2) is 47.3 Å². The number of H-pyrrole nitrogens is 1. The zero-order valence-corrected chi connectivity index (χ0v) is 14.7. The van der Waals surface area contributed by atoms with Crippen molar-refractivity contribution in [3.63, 3.8) is 0 Å². The molecule has 0 amide bonds. The number of carbonyl (C=O) groups excluding carboxylic acids is 1. The lowest BCUT2D eigenvalue weighted by Gasteiger charge is -2.14. The van der Waals surface area contributed by atoms with E-state index in [0.717, 1.165) is 10.9 Å². The van der Waals surface area contributed by atoms with Gasteiger partial charge in [0.25, 0.3) is 5.56 Å². The summed E-state index contributed by atoms with van der Waals surface area (Å²) in [7, 11) is 0. The Labute approximate surface area is 154 Å². The maximum Gasteiger partial charge on any atom is 0.345 e. The van der Waals surface area contributed by atoms with Gasteiger partial charge < -0.3 is 24.5 Å². The van der Waals surface area contributed by atoms with Crippen LogP contribution in [0.2, 0.25) is 0 Å². The minimum atomic E-state index is -0.655. The van der Waals surface area contributed by atoms with E-state index in [-0.39, 0.29) is 19.0 Å². The first-order valence-corrected chi connectivity index (χ1v) is 8.62. The minimum absolute atomic E-state index is 0.0312. The van der Waals surface area contributed by atoms with Crippen LogP contribution in [0.4, 0.5) is 5.69 Å². The molecule has 2 aromatic carbocycles. The molecule has 27 heavy (non-hydrogen) atoms. The van der Waals surface area contributed by atoms with Crippen molar-refractivity contribution in [3.05, 3.63) is 63.9 Å². The van der Waals surface area contributed by atoms with E-state index in [1.54, 1.807) is 13.0 Å². The highest BCUT2D eigenvalue weighted by Crippen LogP contribution is 2.33. The molecule has 7 nitrogen and oxygen atoms in total. The van der Waals surface area contributed by atoms with E-state index < -0.39 is 11.5 Å². The van der Waals surface area contributed by atoms with Gasteiger partial charge in [-0.05, 0) is 30.7 Å².